The molecule has 0 radical (unpaired) electrons. The molecule has 2 bridgehead atoms. The van der Waals surface area contributed by atoms with Gasteiger partial charge in [0.05, 0.1) is 16.8 Å². The monoisotopic (exact) mass is 569 g/mol. The molecule has 32 heavy (non-hydrogen) atoms. The number of carbonyl (C=O) groups is 3. The van der Waals surface area contributed by atoms with Crippen molar-refractivity contribution in [3.05, 3.63) is 33.9 Å². The summed E-state index contributed by atoms with van der Waals surface area (Å²) < 4.78 is 0. The molecule has 1 aliphatic heterocycles. The quantitative estimate of drug-likeness (QED) is 0.166. The number of hydrogen-bond donors (Lipinski definition) is 1. The Balaban J connectivity index is 1.21. The molecule has 1 aromatic carbocycles. The van der Waals surface area contributed by atoms with Gasteiger partial charge in [-0.05, 0) is 44.1 Å². The summed E-state index contributed by atoms with van der Waals surface area (Å²) in [5, 5.41) is 13.7. The molecule has 2 aliphatic carbocycles. The number of alkyl halides is 2. The predicted molar refractivity (Wildman–Crippen MR) is 126 cm³/mol. The van der Waals surface area contributed by atoms with E-state index in [0.717, 1.165) is 6.42 Å². The minimum Gasteiger partial charge on any atom is -0.326 e. The molecule has 3 amide bonds. The fraction of sp³-hybridized carbons (Fsp3) is 0.591. The van der Waals surface area contributed by atoms with E-state index in [1.54, 1.807) is 19.1 Å². The van der Waals surface area contributed by atoms with Crippen LogP contribution >= 0.6 is 31.9 Å². The number of aryl methyl sites for hydroxylation is 1. The zero-order chi connectivity index (χ0) is 23.2. The first-order valence-corrected chi connectivity index (χ1v) is 12.7. The summed E-state index contributed by atoms with van der Waals surface area (Å²) in [4.78, 5) is 50.4. The number of amides is 3. The standard InChI is InChI=1S/C22H25Br2N3O5/c1-11-6-7-12(9-15(11)27(31)32)25-16(28)5-3-2-4-8-26-21(29)17-13-10-14(18(17)22(26)30)20(24)19(13)23/h6-7,9,13-14,17-20H,2-5,8,10H2,1H3,(H,25,28)/t13-,14+,17-,18-,19-,20+/m0/s1. The van der Waals surface area contributed by atoms with Crippen LogP contribution in [0.4, 0.5) is 11.4 Å². The van der Waals surface area contributed by atoms with Crippen molar-refractivity contribution in [3.63, 3.8) is 0 Å². The van der Waals surface area contributed by atoms with E-state index in [-0.39, 0.29) is 63.2 Å². The van der Waals surface area contributed by atoms with Crippen LogP contribution < -0.4 is 5.32 Å². The van der Waals surface area contributed by atoms with Crippen molar-refractivity contribution in [2.75, 3.05) is 11.9 Å². The molecule has 8 nitrogen and oxygen atoms in total. The van der Waals surface area contributed by atoms with Crippen molar-refractivity contribution in [1.29, 1.82) is 0 Å². The molecule has 172 valence electrons. The van der Waals surface area contributed by atoms with Crippen LogP contribution in [0.5, 0.6) is 0 Å². The van der Waals surface area contributed by atoms with E-state index >= 15 is 0 Å². The van der Waals surface area contributed by atoms with E-state index in [1.807, 2.05) is 0 Å². The Morgan fingerprint density at radius 1 is 1.12 bits per heavy atom. The lowest BCUT2D eigenvalue weighted by atomic mass is 9.81. The first kappa shape index (κ1) is 23.4. The Labute approximate surface area is 202 Å². The van der Waals surface area contributed by atoms with E-state index in [9.17, 15) is 24.5 Å². The van der Waals surface area contributed by atoms with E-state index in [4.69, 9.17) is 0 Å². The molecule has 1 heterocycles. The molecule has 1 N–H and O–H groups in total. The van der Waals surface area contributed by atoms with Crippen LogP contribution in [0.2, 0.25) is 0 Å². The number of benzene rings is 1. The third-order valence-corrected chi connectivity index (χ3v) is 10.3. The molecule has 4 rings (SSSR count). The second-order valence-corrected chi connectivity index (χ2v) is 11.1. The molecule has 2 saturated carbocycles. The maximum atomic E-state index is 12.9. The van der Waals surface area contributed by atoms with Gasteiger partial charge in [0, 0.05) is 39.9 Å². The fourth-order valence-electron chi connectivity index (χ4n) is 5.47. The number of carbonyl (C=O) groups excluding carboxylic acids is 3. The van der Waals surface area contributed by atoms with Gasteiger partial charge in [-0.2, -0.15) is 0 Å². The molecule has 0 aromatic heterocycles. The Morgan fingerprint density at radius 2 is 1.75 bits per heavy atom. The maximum absolute atomic E-state index is 12.9. The van der Waals surface area contributed by atoms with Crippen LogP contribution in [-0.2, 0) is 14.4 Å². The zero-order valence-electron chi connectivity index (χ0n) is 17.6. The summed E-state index contributed by atoms with van der Waals surface area (Å²) in [6.07, 6.45) is 3.18. The van der Waals surface area contributed by atoms with E-state index in [0.29, 0.717) is 37.1 Å². The third-order valence-electron chi connectivity index (χ3n) is 7.05. The average molecular weight is 571 g/mol. The van der Waals surface area contributed by atoms with Crippen LogP contribution in [0.15, 0.2) is 18.2 Å². The highest BCUT2D eigenvalue weighted by Crippen LogP contribution is 2.60. The molecule has 10 heteroatoms. The summed E-state index contributed by atoms with van der Waals surface area (Å²) in [6, 6.07) is 4.61. The Bertz CT molecular complexity index is 939. The van der Waals surface area contributed by atoms with E-state index in [1.165, 1.54) is 11.0 Å². The van der Waals surface area contributed by atoms with Crippen molar-refractivity contribution in [2.24, 2.45) is 23.7 Å². The van der Waals surface area contributed by atoms with Crippen LogP contribution in [-0.4, -0.2) is 43.7 Å². The van der Waals surface area contributed by atoms with Crippen LogP contribution in [0.25, 0.3) is 0 Å². The van der Waals surface area contributed by atoms with Crippen molar-refractivity contribution in [3.8, 4) is 0 Å². The van der Waals surface area contributed by atoms with Crippen molar-refractivity contribution in [2.45, 2.75) is 48.7 Å². The number of hydrogen-bond acceptors (Lipinski definition) is 5. The number of nitrogens with zero attached hydrogens (tertiary/aromatic N) is 2. The number of imide groups is 1. The SMILES string of the molecule is Cc1ccc(NC(=O)CCCCCN2C(=O)[C@H]3[C@@H]4C[C@@H]([C@@H](Br)[C@H]4Br)[C@@H]3C2=O)cc1[N+](=O)[O-]. The second-order valence-electron chi connectivity index (χ2n) is 8.95. The maximum Gasteiger partial charge on any atom is 0.274 e. The summed E-state index contributed by atoms with van der Waals surface area (Å²) in [5.41, 5.74) is 0.907. The number of fused-ring (bicyclic) bond motifs is 5. The first-order chi connectivity index (χ1) is 15.2. The first-order valence-electron chi connectivity index (χ1n) is 10.9. The normalized spacial score (nSPS) is 30.7. The molecule has 0 unspecified atom stereocenters. The summed E-state index contributed by atoms with van der Waals surface area (Å²) >= 11 is 7.38. The molecule has 1 aromatic rings. The minimum absolute atomic E-state index is 0.0292. The highest BCUT2D eigenvalue weighted by molar-refractivity contribution is 9.12. The number of unbranched alkanes of at least 4 members (excludes halogenated alkanes) is 2. The fourth-order valence-corrected chi connectivity index (χ4v) is 7.34. The van der Waals surface area contributed by atoms with Gasteiger partial charge in [0.1, 0.15) is 0 Å². The van der Waals surface area contributed by atoms with Crippen molar-refractivity contribution in [1.82, 2.24) is 4.90 Å². The van der Waals surface area contributed by atoms with Gasteiger partial charge in [-0.3, -0.25) is 29.4 Å². The minimum atomic E-state index is -0.471. The van der Waals surface area contributed by atoms with Crippen LogP contribution in [0, 0.1) is 40.7 Å². The Hall–Kier alpha value is -1.81. The molecule has 1 saturated heterocycles. The lowest BCUT2D eigenvalue weighted by Crippen LogP contribution is -2.37. The largest absolute Gasteiger partial charge is 0.326 e. The molecule has 3 aliphatic rings. The number of anilines is 1. The number of nitro groups is 1. The van der Waals surface area contributed by atoms with E-state index < -0.39 is 4.92 Å². The number of halogens is 2. The van der Waals surface area contributed by atoms with Crippen molar-refractivity contribution >= 4 is 61.0 Å². The molecular weight excluding hydrogens is 546 g/mol. The summed E-state index contributed by atoms with van der Waals surface area (Å²) in [7, 11) is 0. The van der Waals surface area contributed by atoms with Gasteiger partial charge < -0.3 is 5.32 Å². The average Bonchev–Trinajstić information content (AvgIpc) is 3.35. The Morgan fingerprint density at radius 3 is 2.34 bits per heavy atom. The lowest BCUT2D eigenvalue weighted by Gasteiger charge is -2.28. The van der Waals surface area contributed by atoms with Crippen LogP contribution in [0.1, 0.15) is 37.7 Å². The number of nitro benzene ring substituents is 1. The van der Waals surface area contributed by atoms with Gasteiger partial charge in [-0.25, -0.2) is 0 Å². The van der Waals surface area contributed by atoms with Gasteiger partial charge >= 0.3 is 0 Å². The van der Waals surface area contributed by atoms with E-state index in [2.05, 4.69) is 37.2 Å². The van der Waals surface area contributed by atoms with Crippen LogP contribution in [0.3, 0.4) is 0 Å². The zero-order valence-corrected chi connectivity index (χ0v) is 20.8. The molecule has 3 fully saturated rings. The predicted octanol–water partition coefficient (Wildman–Crippen LogP) is 4.18. The summed E-state index contributed by atoms with van der Waals surface area (Å²) in [5.74, 6) is -0.210. The van der Waals surface area contributed by atoms with Gasteiger partial charge in [0.25, 0.3) is 5.69 Å². The van der Waals surface area contributed by atoms with Gasteiger partial charge in [0.2, 0.25) is 17.7 Å². The molecule has 0 spiro atoms. The second kappa shape index (κ2) is 9.21. The van der Waals surface area contributed by atoms with Crippen molar-refractivity contribution < 1.29 is 19.3 Å². The molecular formula is C22H25Br2N3O5. The van der Waals surface area contributed by atoms with Gasteiger partial charge in [0.15, 0.2) is 0 Å². The number of likely N-dealkylation sites (tertiary alicyclic amines) is 1. The van der Waals surface area contributed by atoms with Gasteiger partial charge in [-0.1, -0.05) is 44.3 Å². The lowest BCUT2D eigenvalue weighted by molar-refractivity contribution is -0.385. The Kier molecular flexibility index (Phi) is 6.72. The highest BCUT2D eigenvalue weighted by atomic mass is 79.9. The third kappa shape index (κ3) is 4.11. The summed E-state index contributed by atoms with van der Waals surface area (Å²) in [6.45, 7) is 2.05. The highest BCUT2D eigenvalue weighted by Gasteiger charge is 2.66. The molecule has 6 atom stereocenters. The van der Waals surface area contributed by atoms with Gasteiger partial charge in [-0.15, -0.1) is 0 Å². The topological polar surface area (TPSA) is 110 Å². The smallest absolute Gasteiger partial charge is 0.274 e. The number of nitrogens with one attached hydrogen (secondary N) is 1. The number of rotatable bonds is 8.